The Morgan fingerprint density at radius 1 is 1.15 bits per heavy atom. The van der Waals surface area contributed by atoms with Gasteiger partial charge in [-0.15, -0.1) is 0 Å². The topological polar surface area (TPSA) is 43.7 Å². The third-order valence-electron chi connectivity index (χ3n) is 9.59. The number of nitrogens with zero attached hydrogens (tertiary/aromatic N) is 1. The van der Waals surface area contributed by atoms with Crippen molar-refractivity contribution in [3.05, 3.63) is 35.5 Å². The largest absolute Gasteiger partial charge is 0.388 e. The molecule has 0 amide bonds. The van der Waals surface area contributed by atoms with Crippen LogP contribution in [0.3, 0.4) is 0 Å². The van der Waals surface area contributed by atoms with E-state index in [1.165, 1.54) is 25.7 Å². The molecule has 1 saturated heterocycles. The van der Waals surface area contributed by atoms with E-state index < -0.39 is 24.6 Å². The first-order chi connectivity index (χ1) is 15.7. The molecule has 0 aromatic carbocycles. The summed E-state index contributed by atoms with van der Waals surface area (Å²) in [5, 5.41) is 20.3. The van der Waals surface area contributed by atoms with Crippen LogP contribution in [0.25, 0.3) is 0 Å². The van der Waals surface area contributed by atoms with Crippen molar-refractivity contribution in [1.82, 2.24) is 4.90 Å². The lowest BCUT2D eigenvalue weighted by atomic mass is 9.61. The van der Waals surface area contributed by atoms with Crippen LogP contribution in [-0.4, -0.2) is 53.4 Å². The number of hydrogen-bond donors (Lipinski definition) is 2. The van der Waals surface area contributed by atoms with Gasteiger partial charge >= 0.3 is 0 Å². The Bertz CT molecular complexity index is 762. The first-order valence-electron chi connectivity index (χ1n) is 13.1. The van der Waals surface area contributed by atoms with Crippen molar-refractivity contribution in [2.75, 3.05) is 19.6 Å². The summed E-state index contributed by atoms with van der Waals surface area (Å²) in [4.78, 5) is 2.25. The Hall–Kier alpha value is -1.04. The molecular formula is C28H43F2NO2. The van der Waals surface area contributed by atoms with Crippen molar-refractivity contribution in [3.8, 4) is 0 Å². The van der Waals surface area contributed by atoms with Crippen LogP contribution in [0.2, 0.25) is 0 Å². The summed E-state index contributed by atoms with van der Waals surface area (Å²) in [5.41, 5.74) is 3.51. The van der Waals surface area contributed by atoms with E-state index in [1.54, 1.807) is 5.57 Å². The van der Waals surface area contributed by atoms with Crippen LogP contribution >= 0.6 is 0 Å². The van der Waals surface area contributed by atoms with E-state index in [0.717, 1.165) is 31.5 Å². The van der Waals surface area contributed by atoms with Gasteiger partial charge in [0.25, 0.3) is 0 Å². The molecule has 0 bridgehead atoms. The fraction of sp³-hybridized carbons (Fsp3) is 0.786. The van der Waals surface area contributed by atoms with Gasteiger partial charge in [-0.05, 0) is 99.6 Å². The van der Waals surface area contributed by atoms with Crippen LogP contribution < -0.4 is 0 Å². The number of aliphatic hydroxyl groups excluding tert-OH is 2. The van der Waals surface area contributed by atoms with Crippen molar-refractivity contribution < 1.29 is 19.0 Å². The number of rotatable bonds is 6. The van der Waals surface area contributed by atoms with Gasteiger partial charge in [0.15, 0.2) is 0 Å². The summed E-state index contributed by atoms with van der Waals surface area (Å²) < 4.78 is 26.0. The molecule has 33 heavy (non-hydrogen) atoms. The SMILES string of the molecule is C=C1[C@H](O)CC(=CC=C2CCC[C@]3(C)[C@@H](C(C)CCN4CCC(C(F)F)C4)CC[C@@H]23)C[C@H]1O. The van der Waals surface area contributed by atoms with Gasteiger partial charge in [0.05, 0.1) is 12.2 Å². The lowest BCUT2D eigenvalue weighted by Crippen LogP contribution is -2.37. The second-order valence-corrected chi connectivity index (χ2v) is 11.6. The first kappa shape index (κ1) is 25.1. The second kappa shape index (κ2) is 10.3. The van der Waals surface area contributed by atoms with Crippen molar-refractivity contribution in [1.29, 1.82) is 0 Å². The van der Waals surface area contributed by atoms with E-state index in [4.69, 9.17) is 0 Å². The molecule has 0 radical (unpaired) electrons. The summed E-state index contributed by atoms with van der Waals surface area (Å²) in [5.74, 6) is 1.48. The van der Waals surface area contributed by atoms with E-state index >= 15 is 0 Å². The van der Waals surface area contributed by atoms with E-state index in [-0.39, 0.29) is 0 Å². The van der Waals surface area contributed by atoms with Gasteiger partial charge in [-0.25, -0.2) is 8.78 Å². The minimum atomic E-state index is -2.18. The standard InChI is InChI=1S/C28H43F2NO2/c1-18(10-13-31-14-11-22(17-31)27(29)30)23-8-9-24-21(5-4-12-28(23,24)3)7-6-20-15-25(32)19(2)26(33)16-20/h6-7,18,22-27,32-33H,2,4-5,8-17H2,1,3H3/t18?,22?,23-,24+,25-,26-,28-/m1/s1. The number of halogens is 2. The number of aliphatic hydroxyl groups is 2. The summed E-state index contributed by atoms with van der Waals surface area (Å²) in [6.07, 6.45) is 10.0. The minimum absolute atomic E-state index is 0.318. The van der Waals surface area contributed by atoms with Crippen LogP contribution in [0.4, 0.5) is 8.78 Å². The normalized spacial score (nSPS) is 40.0. The van der Waals surface area contributed by atoms with Crippen molar-refractivity contribution in [3.63, 3.8) is 0 Å². The predicted octanol–water partition coefficient (Wildman–Crippen LogP) is 5.74. The van der Waals surface area contributed by atoms with E-state index in [9.17, 15) is 19.0 Å². The molecule has 4 fully saturated rings. The number of allylic oxidation sites excluding steroid dienone is 3. The Balaban J connectivity index is 1.37. The number of hydrogen-bond acceptors (Lipinski definition) is 3. The molecule has 4 aliphatic rings. The minimum Gasteiger partial charge on any atom is -0.388 e. The Morgan fingerprint density at radius 3 is 2.55 bits per heavy atom. The smallest absolute Gasteiger partial charge is 0.242 e. The highest BCUT2D eigenvalue weighted by molar-refractivity contribution is 5.29. The van der Waals surface area contributed by atoms with E-state index in [2.05, 4.69) is 37.5 Å². The summed E-state index contributed by atoms with van der Waals surface area (Å²) in [6.45, 7) is 11.0. The lowest BCUT2D eigenvalue weighted by molar-refractivity contribution is 0.0763. The summed E-state index contributed by atoms with van der Waals surface area (Å²) >= 11 is 0. The maximum absolute atomic E-state index is 13.0. The molecule has 3 nitrogen and oxygen atoms in total. The zero-order chi connectivity index (χ0) is 23.8. The van der Waals surface area contributed by atoms with Crippen LogP contribution in [-0.2, 0) is 0 Å². The molecule has 3 aliphatic carbocycles. The molecule has 2 N–H and O–H groups in total. The summed E-state index contributed by atoms with van der Waals surface area (Å²) in [7, 11) is 0. The predicted molar refractivity (Wildman–Crippen MR) is 129 cm³/mol. The van der Waals surface area contributed by atoms with Crippen LogP contribution in [0.15, 0.2) is 35.5 Å². The average molecular weight is 464 g/mol. The quantitative estimate of drug-likeness (QED) is 0.494. The molecule has 1 aliphatic heterocycles. The molecule has 186 valence electrons. The van der Waals surface area contributed by atoms with Gasteiger partial charge in [0.2, 0.25) is 6.43 Å². The molecular weight excluding hydrogens is 420 g/mol. The average Bonchev–Trinajstić information content (AvgIpc) is 3.39. The highest BCUT2D eigenvalue weighted by Gasteiger charge is 2.50. The number of alkyl halides is 2. The Labute approximate surface area is 198 Å². The van der Waals surface area contributed by atoms with Crippen LogP contribution in [0.5, 0.6) is 0 Å². The molecule has 3 saturated carbocycles. The summed E-state index contributed by atoms with van der Waals surface area (Å²) in [6, 6.07) is 0. The van der Waals surface area contributed by atoms with Crippen molar-refractivity contribution >= 4 is 0 Å². The Kier molecular flexibility index (Phi) is 7.82. The lowest BCUT2D eigenvalue weighted by Gasteiger charge is -2.44. The molecule has 4 rings (SSSR count). The maximum atomic E-state index is 13.0. The second-order valence-electron chi connectivity index (χ2n) is 11.6. The monoisotopic (exact) mass is 463 g/mol. The molecule has 0 aromatic rings. The third kappa shape index (κ3) is 5.31. The zero-order valence-electron chi connectivity index (χ0n) is 20.5. The van der Waals surface area contributed by atoms with Gasteiger partial charge in [0.1, 0.15) is 0 Å². The fourth-order valence-electron chi connectivity index (χ4n) is 7.50. The van der Waals surface area contributed by atoms with Crippen LogP contribution in [0, 0.1) is 29.1 Å². The molecule has 2 unspecified atom stereocenters. The number of likely N-dealkylation sites (tertiary alicyclic amines) is 1. The number of fused-ring (bicyclic) bond motifs is 1. The highest BCUT2D eigenvalue weighted by Crippen LogP contribution is 2.59. The molecule has 7 atom stereocenters. The van der Waals surface area contributed by atoms with E-state index in [0.29, 0.717) is 54.5 Å². The molecule has 0 spiro atoms. The third-order valence-corrected chi connectivity index (χ3v) is 9.59. The van der Waals surface area contributed by atoms with Gasteiger partial charge in [-0.1, -0.05) is 43.7 Å². The highest BCUT2D eigenvalue weighted by atomic mass is 19.3. The van der Waals surface area contributed by atoms with Gasteiger partial charge in [-0.3, -0.25) is 0 Å². The van der Waals surface area contributed by atoms with Gasteiger partial charge in [0, 0.05) is 12.5 Å². The van der Waals surface area contributed by atoms with Crippen molar-refractivity contribution in [2.45, 2.75) is 90.3 Å². The van der Waals surface area contributed by atoms with Gasteiger partial charge in [-0.2, -0.15) is 0 Å². The van der Waals surface area contributed by atoms with E-state index in [1.807, 2.05) is 0 Å². The Morgan fingerprint density at radius 2 is 1.88 bits per heavy atom. The molecule has 1 heterocycles. The fourth-order valence-corrected chi connectivity index (χ4v) is 7.50. The molecule has 5 heteroatoms. The van der Waals surface area contributed by atoms with Crippen molar-refractivity contribution in [2.24, 2.45) is 29.1 Å². The zero-order valence-corrected chi connectivity index (χ0v) is 20.5. The van der Waals surface area contributed by atoms with Crippen LogP contribution in [0.1, 0.15) is 71.6 Å². The maximum Gasteiger partial charge on any atom is 0.242 e. The first-order valence-corrected chi connectivity index (χ1v) is 13.1. The van der Waals surface area contributed by atoms with Gasteiger partial charge < -0.3 is 15.1 Å². The molecule has 0 aromatic heterocycles.